The van der Waals surface area contributed by atoms with Crippen molar-refractivity contribution in [2.75, 3.05) is 44.4 Å². The lowest BCUT2D eigenvalue weighted by Crippen LogP contribution is -2.46. The molecule has 3 aromatic rings. The predicted molar refractivity (Wildman–Crippen MR) is 170 cm³/mol. The number of carbonyl (C=O) groups is 3. The van der Waals surface area contributed by atoms with E-state index in [1.54, 1.807) is 12.1 Å². The Kier molecular flexibility index (Phi) is 11.3. The van der Waals surface area contributed by atoms with E-state index in [1.807, 2.05) is 19.0 Å². The first-order valence-electron chi connectivity index (χ1n) is 13.7. The summed E-state index contributed by atoms with van der Waals surface area (Å²) < 4.78 is 28.1. The van der Waals surface area contributed by atoms with Crippen LogP contribution in [0.1, 0.15) is 46.5 Å². The molecule has 1 aromatic heterocycles. The van der Waals surface area contributed by atoms with Gasteiger partial charge in [0.2, 0.25) is 15.9 Å². The van der Waals surface area contributed by atoms with E-state index in [-0.39, 0.29) is 61.9 Å². The smallest absolute Gasteiger partial charge is 0.271 e. The summed E-state index contributed by atoms with van der Waals surface area (Å²) in [6.07, 6.45) is 3.01. The largest absolute Gasteiger partial charge is 0.348 e. The molecule has 1 saturated heterocycles. The van der Waals surface area contributed by atoms with Crippen LogP contribution in [0.4, 0.5) is 11.4 Å². The number of halogens is 3. The van der Waals surface area contributed by atoms with Crippen molar-refractivity contribution >= 4 is 73.9 Å². The number of amides is 3. The van der Waals surface area contributed by atoms with Crippen LogP contribution in [0.3, 0.4) is 0 Å². The molecule has 12 nitrogen and oxygen atoms in total. The molecular formula is C28H32Cl3N7O5S. The van der Waals surface area contributed by atoms with Gasteiger partial charge in [0.1, 0.15) is 5.69 Å². The summed E-state index contributed by atoms with van der Waals surface area (Å²) in [5.74, 6) is -1.37. The highest BCUT2D eigenvalue weighted by Gasteiger charge is 2.31. The fourth-order valence-electron chi connectivity index (χ4n) is 4.66. The van der Waals surface area contributed by atoms with Gasteiger partial charge in [0.25, 0.3) is 11.8 Å². The lowest BCUT2D eigenvalue weighted by molar-refractivity contribution is -0.116. The van der Waals surface area contributed by atoms with Crippen LogP contribution in [0.5, 0.6) is 0 Å². The van der Waals surface area contributed by atoms with Gasteiger partial charge in [-0.1, -0.05) is 40.9 Å². The van der Waals surface area contributed by atoms with Crippen molar-refractivity contribution in [1.82, 2.24) is 24.7 Å². The number of carbonyl (C=O) groups excluding carboxylic acids is 3. The van der Waals surface area contributed by atoms with Gasteiger partial charge in [-0.15, -0.1) is 0 Å². The summed E-state index contributed by atoms with van der Waals surface area (Å²) >= 11 is 18.2. The van der Waals surface area contributed by atoms with E-state index in [4.69, 9.17) is 34.8 Å². The van der Waals surface area contributed by atoms with Crippen LogP contribution in [0.2, 0.25) is 15.1 Å². The Balaban J connectivity index is 1.33. The third-order valence-corrected chi connectivity index (χ3v) is 9.61. The van der Waals surface area contributed by atoms with Crippen molar-refractivity contribution < 1.29 is 22.8 Å². The molecule has 16 heteroatoms. The Hall–Kier alpha value is -3.20. The summed E-state index contributed by atoms with van der Waals surface area (Å²) in [7, 11) is 0.0269. The number of H-pyrrole nitrogens is 1. The molecule has 0 aliphatic carbocycles. The van der Waals surface area contributed by atoms with Gasteiger partial charge in [0.15, 0.2) is 0 Å². The monoisotopic (exact) mass is 683 g/mol. The number of piperidine rings is 1. The zero-order valence-electron chi connectivity index (χ0n) is 24.0. The molecule has 1 aliphatic rings. The first kappa shape index (κ1) is 33.7. The summed E-state index contributed by atoms with van der Waals surface area (Å²) in [6, 6.07) is 8.61. The molecule has 4 N–H and O–H groups in total. The van der Waals surface area contributed by atoms with Gasteiger partial charge in [0.05, 0.1) is 32.4 Å². The standard InChI is InChI=1S/C28H32Cl3N7O5S/c1-37(2)10-4-7-24(39)33-19-5-3-6-20(15-19)44(42,43)38-11-8-18(9-12-38)34-28(41)26-23(16-32-36-26)35-27(40)25-21(30)13-17(29)14-22(25)31/h3,5-6,13-16,18H,4,7-12H2,1-2H3,(H,32,36)(H,33,39)(H,34,41)(H,35,40). The molecule has 0 bridgehead atoms. The zero-order valence-corrected chi connectivity index (χ0v) is 27.1. The molecule has 0 radical (unpaired) electrons. The van der Waals surface area contributed by atoms with E-state index in [0.717, 1.165) is 6.54 Å². The lowest BCUT2D eigenvalue weighted by atomic mass is 10.1. The van der Waals surface area contributed by atoms with Gasteiger partial charge in [-0.25, -0.2) is 8.42 Å². The van der Waals surface area contributed by atoms with Crippen LogP contribution in [0.15, 0.2) is 47.5 Å². The molecule has 1 fully saturated rings. The maximum atomic E-state index is 13.4. The summed E-state index contributed by atoms with van der Waals surface area (Å²) in [5, 5.41) is 15.0. The number of hydrogen-bond donors (Lipinski definition) is 4. The molecule has 3 amide bonds. The molecule has 0 saturated carbocycles. The van der Waals surface area contributed by atoms with E-state index < -0.39 is 21.8 Å². The average Bonchev–Trinajstić information content (AvgIpc) is 3.41. The van der Waals surface area contributed by atoms with E-state index in [2.05, 4.69) is 26.1 Å². The molecule has 2 heterocycles. The van der Waals surface area contributed by atoms with Crippen molar-refractivity contribution in [3.05, 3.63) is 68.9 Å². The molecule has 0 unspecified atom stereocenters. The van der Waals surface area contributed by atoms with Crippen LogP contribution in [0, 0.1) is 0 Å². The van der Waals surface area contributed by atoms with Crippen LogP contribution < -0.4 is 16.0 Å². The van der Waals surface area contributed by atoms with Crippen molar-refractivity contribution in [2.45, 2.75) is 36.6 Å². The average molecular weight is 685 g/mol. The minimum Gasteiger partial charge on any atom is -0.348 e. The molecule has 0 spiro atoms. The molecule has 236 valence electrons. The van der Waals surface area contributed by atoms with Crippen LogP contribution >= 0.6 is 34.8 Å². The van der Waals surface area contributed by atoms with Gasteiger partial charge < -0.3 is 20.9 Å². The van der Waals surface area contributed by atoms with Gasteiger partial charge >= 0.3 is 0 Å². The van der Waals surface area contributed by atoms with Gasteiger partial charge in [-0.3, -0.25) is 19.5 Å². The summed E-state index contributed by atoms with van der Waals surface area (Å²) in [5.41, 5.74) is 0.521. The minimum absolute atomic E-state index is 0.00760. The highest BCUT2D eigenvalue weighted by atomic mass is 35.5. The number of hydrogen-bond acceptors (Lipinski definition) is 7. The molecule has 4 rings (SSSR count). The molecule has 0 atom stereocenters. The third-order valence-electron chi connectivity index (χ3n) is 6.90. The quantitative estimate of drug-likeness (QED) is 0.232. The number of benzene rings is 2. The predicted octanol–water partition coefficient (Wildman–Crippen LogP) is 4.49. The Labute approximate surface area is 270 Å². The fourth-order valence-corrected chi connectivity index (χ4v) is 7.16. The first-order valence-corrected chi connectivity index (χ1v) is 16.3. The topological polar surface area (TPSA) is 157 Å². The third kappa shape index (κ3) is 8.49. The number of nitrogens with one attached hydrogen (secondary N) is 4. The second-order valence-electron chi connectivity index (χ2n) is 10.5. The lowest BCUT2D eigenvalue weighted by Gasteiger charge is -2.31. The second-order valence-corrected chi connectivity index (χ2v) is 13.7. The summed E-state index contributed by atoms with van der Waals surface area (Å²) in [6.45, 7) is 1.12. The van der Waals surface area contributed by atoms with E-state index in [0.29, 0.717) is 31.4 Å². The van der Waals surface area contributed by atoms with Crippen molar-refractivity contribution in [1.29, 1.82) is 0 Å². The van der Waals surface area contributed by atoms with E-state index >= 15 is 0 Å². The fraction of sp³-hybridized carbons (Fsp3) is 0.357. The number of anilines is 2. The van der Waals surface area contributed by atoms with Crippen LogP contribution in [-0.2, 0) is 14.8 Å². The van der Waals surface area contributed by atoms with Gasteiger partial charge in [-0.05, 0) is 70.2 Å². The Bertz CT molecular complexity index is 1620. The highest BCUT2D eigenvalue weighted by molar-refractivity contribution is 7.89. The Morgan fingerprint density at radius 1 is 1.02 bits per heavy atom. The van der Waals surface area contributed by atoms with Crippen LogP contribution in [-0.4, -0.2) is 85.3 Å². The van der Waals surface area contributed by atoms with Gasteiger partial charge in [-0.2, -0.15) is 9.40 Å². The maximum absolute atomic E-state index is 13.4. The van der Waals surface area contributed by atoms with Gasteiger partial charge in [0, 0.05) is 36.3 Å². The van der Waals surface area contributed by atoms with E-state index in [9.17, 15) is 22.8 Å². The number of sulfonamides is 1. The molecule has 2 aromatic carbocycles. The minimum atomic E-state index is -3.83. The summed E-state index contributed by atoms with van der Waals surface area (Å²) in [4.78, 5) is 40.2. The first-order chi connectivity index (χ1) is 20.8. The maximum Gasteiger partial charge on any atom is 0.271 e. The Morgan fingerprint density at radius 3 is 2.36 bits per heavy atom. The number of nitrogens with zero attached hydrogens (tertiary/aromatic N) is 3. The highest BCUT2D eigenvalue weighted by Crippen LogP contribution is 2.30. The van der Waals surface area contributed by atoms with E-state index in [1.165, 1.54) is 34.8 Å². The van der Waals surface area contributed by atoms with Crippen LogP contribution in [0.25, 0.3) is 0 Å². The number of rotatable bonds is 11. The normalized spacial score (nSPS) is 14.4. The number of aromatic nitrogens is 2. The van der Waals surface area contributed by atoms with Crippen molar-refractivity contribution in [3.8, 4) is 0 Å². The molecule has 1 aliphatic heterocycles. The zero-order chi connectivity index (χ0) is 32.0. The Morgan fingerprint density at radius 2 is 1.70 bits per heavy atom. The molecule has 44 heavy (non-hydrogen) atoms. The SMILES string of the molecule is CN(C)CCCC(=O)Nc1cccc(S(=O)(=O)N2CCC(NC(=O)c3[nH]ncc3NC(=O)c3c(Cl)cc(Cl)cc3Cl)CC2)c1. The van der Waals surface area contributed by atoms with Crippen molar-refractivity contribution in [2.24, 2.45) is 0 Å². The number of aromatic amines is 1. The second kappa shape index (κ2) is 14.7. The van der Waals surface area contributed by atoms with Crippen molar-refractivity contribution in [3.63, 3.8) is 0 Å². The molecular weight excluding hydrogens is 653 g/mol.